The summed E-state index contributed by atoms with van der Waals surface area (Å²) < 4.78 is 25.9. The van der Waals surface area contributed by atoms with Crippen molar-refractivity contribution in [1.29, 1.82) is 0 Å². The first-order chi connectivity index (χ1) is 22.5. The third-order valence-corrected chi connectivity index (χ3v) is 11.0. The Labute approximate surface area is 269 Å². The number of aromatic amines is 1. The molecule has 0 radical (unpaired) electrons. The lowest BCUT2D eigenvalue weighted by atomic mass is 9.60. The van der Waals surface area contributed by atoms with Crippen molar-refractivity contribution >= 4 is 23.0 Å². The van der Waals surface area contributed by atoms with Crippen LogP contribution in [0.25, 0.3) is 11.0 Å². The van der Waals surface area contributed by atoms with Crippen LogP contribution in [0, 0.1) is 11.2 Å². The Morgan fingerprint density at radius 3 is 2.54 bits per heavy atom. The number of hydrogen-bond donors (Lipinski definition) is 1. The van der Waals surface area contributed by atoms with Crippen LogP contribution in [-0.4, -0.2) is 78.5 Å². The average molecular weight is 624 g/mol. The molecule has 1 N–H and O–H groups in total. The number of nitrogens with one attached hydrogen (secondary N) is 1. The number of anilines is 1. The number of nitrogens with zero attached hydrogens (tertiary/aromatic N) is 4. The van der Waals surface area contributed by atoms with Crippen LogP contribution in [0.5, 0.6) is 17.2 Å². The van der Waals surface area contributed by atoms with Crippen molar-refractivity contribution in [2.75, 3.05) is 51.3 Å². The monoisotopic (exact) mass is 623 g/mol. The lowest BCUT2D eigenvalue weighted by molar-refractivity contribution is -0.0355. The molecule has 4 fully saturated rings. The van der Waals surface area contributed by atoms with E-state index in [1.54, 1.807) is 19.4 Å². The average Bonchev–Trinajstić information content (AvgIpc) is 3.86. The predicted octanol–water partition coefficient (Wildman–Crippen LogP) is 6.76. The van der Waals surface area contributed by atoms with Crippen molar-refractivity contribution in [3.63, 3.8) is 0 Å². The molecule has 240 valence electrons. The molecule has 2 aromatic carbocycles. The Kier molecular flexibility index (Phi) is 7.69. The van der Waals surface area contributed by atoms with Gasteiger partial charge in [0.15, 0.2) is 6.29 Å². The molecule has 2 aliphatic heterocycles. The van der Waals surface area contributed by atoms with E-state index in [0.29, 0.717) is 45.5 Å². The number of piperidine rings is 1. The van der Waals surface area contributed by atoms with Crippen LogP contribution in [0.2, 0.25) is 0 Å². The van der Waals surface area contributed by atoms with Crippen LogP contribution in [-0.2, 0) is 6.54 Å². The minimum Gasteiger partial charge on any atom is -0.496 e. The van der Waals surface area contributed by atoms with Gasteiger partial charge in [0, 0.05) is 69.8 Å². The lowest BCUT2D eigenvalue weighted by Gasteiger charge is -2.56. The van der Waals surface area contributed by atoms with Gasteiger partial charge >= 0.3 is 0 Å². The minimum atomic E-state index is -0.383. The van der Waals surface area contributed by atoms with E-state index in [4.69, 9.17) is 9.47 Å². The second kappa shape index (κ2) is 12.0. The number of piperazine rings is 1. The molecule has 4 aromatic rings. The number of benzene rings is 2. The Bertz CT molecular complexity index is 1730. The van der Waals surface area contributed by atoms with E-state index >= 15 is 0 Å². The van der Waals surface area contributed by atoms with Crippen molar-refractivity contribution in [2.24, 2.45) is 5.41 Å². The van der Waals surface area contributed by atoms with E-state index in [-0.39, 0.29) is 5.82 Å². The molecule has 4 aliphatic rings. The first-order valence-corrected chi connectivity index (χ1v) is 16.8. The van der Waals surface area contributed by atoms with Crippen molar-refractivity contribution < 1.29 is 18.7 Å². The van der Waals surface area contributed by atoms with Crippen LogP contribution >= 0.6 is 0 Å². The van der Waals surface area contributed by atoms with Crippen LogP contribution in [0.1, 0.15) is 65.9 Å². The van der Waals surface area contributed by atoms with Gasteiger partial charge in [-0.1, -0.05) is 12.1 Å². The summed E-state index contributed by atoms with van der Waals surface area (Å²) >= 11 is 0. The molecule has 2 saturated carbocycles. The number of carbonyl (C=O) groups excluding carboxylic acids is 1. The normalized spacial score (nSPS) is 20.6. The van der Waals surface area contributed by atoms with Gasteiger partial charge in [-0.15, -0.1) is 0 Å². The Morgan fingerprint density at radius 2 is 1.80 bits per heavy atom. The molecule has 1 spiro atoms. The molecule has 9 heteroatoms. The topological polar surface area (TPSA) is 73.9 Å². The van der Waals surface area contributed by atoms with E-state index in [0.717, 1.165) is 63.5 Å². The molecule has 46 heavy (non-hydrogen) atoms. The van der Waals surface area contributed by atoms with Gasteiger partial charge < -0.3 is 19.4 Å². The summed E-state index contributed by atoms with van der Waals surface area (Å²) in [6, 6.07) is 14.9. The van der Waals surface area contributed by atoms with Gasteiger partial charge in [-0.25, -0.2) is 9.37 Å². The van der Waals surface area contributed by atoms with Gasteiger partial charge in [-0.2, -0.15) is 0 Å². The smallest absolute Gasteiger partial charge is 0.153 e. The molecular weight excluding hydrogens is 581 g/mol. The zero-order valence-electron chi connectivity index (χ0n) is 26.5. The second-order valence-corrected chi connectivity index (χ2v) is 13.9. The molecule has 0 bridgehead atoms. The molecule has 0 atom stereocenters. The number of H-pyrrole nitrogens is 1. The maximum Gasteiger partial charge on any atom is 0.153 e. The maximum absolute atomic E-state index is 14.1. The van der Waals surface area contributed by atoms with E-state index in [9.17, 15) is 9.18 Å². The summed E-state index contributed by atoms with van der Waals surface area (Å²) in [5.41, 5.74) is 5.15. The summed E-state index contributed by atoms with van der Waals surface area (Å²) in [5.74, 6) is 2.25. The lowest BCUT2D eigenvalue weighted by Crippen LogP contribution is -2.59. The first-order valence-electron chi connectivity index (χ1n) is 16.8. The summed E-state index contributed by atoms with van der Waals surface area (Å²) in [4.78, 5) is 26.6. The fourth-order valence-corrected chi connectivity index (χ4v) is 8.02. The first kappa shape index (κ1) is 29.5. The van der Waals surface area contributed by atoms with Gasteiger partial charge in [0.2, 0.25) is 0 Å². The molecule has 2 aromatic heterocycles. The maximum atomic E-state index is 14.1. The van der Waals surface area contributed by atoms with Crippen molar-refractivity contribution in [1.82, 2.24) is 19.8 Å². The molecule has 0 amide bonds. The number of methoxy groups -OCH3 is 1. The molecule has 8 nitrogen and oxygen atoms in total. The number of ether oxygens (including phenoxy) is 2. The highest BCUT2D eigenvalue weighted by atomic mass is 19.1. The number of aromatic nitrogens is 2. The van der Waals surface area contributed by atoms with Crippen LogP contribution in [0.15, 0.2) is 54.9 Å². The molecule has 4 heterocycles. The van der Waals surface area contributed by atoms with Gasteiger partial charge in [-0.3, -0.25) is 14.6 Å². The Hall–Kier alpha value is -3.95. The van der Waals surface area contributed by atoms with Gasteiger partial charge in [0.05, 0.1) is 24.3 Å². The van der Waals surface area contributed by atoms with E-state index < -0.39 is 0 Å². The molecule has 2 saturated heterocycles. The quantitative estimate of drug-likeness (QED) is 0.207. The number of rotatable bonds is 9. The fourth-order valence-electron chi connectivity index (χ4n) is 8.02. The number of hydrogen-bond acceptors (Lipinski definition) is 7. The van der Waals surface area contributed by atoms with Crippen LogP contribution in [0.3, 0.4) is 0 Å². The van der Waals surface area contributed by atoms with Crippen LogP contribution < -0.4 is 14.4 Å². The number of pyridine rings is 1. The molecule has 2 aliphatic carbocycles. The Morgan fingerprint density at radius 1 is 1.00 bits per heavy atom. The largest absolute Gasteiger partial charge is 0.496 e. The molecular formula is C37H42FN5O3. The number of carbonyl (C=O) groups is 1. The third kappa shape index (κ3) is 5.75. The SMILES string of the molecule is COc1cc(CN2CCN(C3CC4(CCN(c5ccc(C=O)c(Oc6cnc7[nH]cc(F)c7c6)c5)CC4)C3)CC2)ccc1C1CC1. The second-order valence-electron chi connectivity index (χ2n) is 13.9. The molecule has 0 unspecified atom stereocenters. The highest BCUT2D eigenvalue weighted by Gasteiger charge is 2.48. The molecule has 8 rings (SSSR count). The van der Waals surface area contributed by atoms with Gasteiger partial charge in [0.25, 0.3) is 0 Å². The zero-order chi connectivity index (χ0) is 31.3. The van der Waals surface area contributed by atoms with Gasteiger partial charge in [-0.05, 0) is 85.3 Å². The number of halogens is 1. The van der Waals surface area contributed by atoms with E-state index in [2.05, 4.69) is 42.9 Å². The van der Waals surface area contributed by atoms with E-state index in [1.165, 1.54) is 55.8 Å². The van der Waals surface area contributed by atoms with Crippen molar-refractivity contribution in [3.8, 4) is 17.2 Å². The highest BCUT2D eigenvalue weighted by Crippen LogP contribution is 2.51. The Balaban J connectivity index is 0.832. The summed E-state index contributed by atoms with van der Waals surface area (Å²) in [6.07, 6.45) is 11.2. The minimum absolute atomic E-state index is 0.360. The van der Waals surface area contributed by atoms with Crippen LogP contribution in [0.4, 0.5) is 10.1 Å². The third-order valence-electron chi connectivity index (χ3n) is 11.0. The van der Waals surface area contributed by atoms with Crippen molar-refractivity contribution in [2.45, 2.75) is 57.0 Å². The highest BCUT2D eigenvalue weighted by molar-refractivity contribution is 5.82. The van der Waals surface area contributed by atoms with Gasteiger partial charge in [0.1, 0.15) is 28.7 Å². The summed E-state index contributed by atoms with van der Waals surface area (Å²) in [6.45, 7) is 7.52. The van der Waals surface area contributed by atoms with Crippen molar-refractivity contribution in [3.05, 3.63) is 77.4 Å². The zero-order valence-corrected chi connectivity index (χ0v) is 26.5. The summed E-state index contributed by atoms with van der Waals surface area (Å²) in [7, 11) is 1.80. The van der Waals surface area contributed by atoms with E-state index in [1.807, 2.05) is 18.2 Å². The number of aldehydes is 1. The standard InChI is InChI=1S/C37H42FN5O3/c1-45-35-16-25(2-7-31(35)26-3-4-26)23-41-12-14-43(15-13-41)29-19-37(20-29)8-10-42(11-9-37)28-6-5-27(24-44)34(17-28)46-30-18-32-33(38)22-40-36(32)39-21-30/h2,5-7,16-18,21-22,24,26,29H,3-4,8-15,19-20,23H2,1H3,(H,39,40). The summed E-state index contributed by atoms with van der Waals surface area (Å²) in [5, 5.41) is 0.360. The number of fused-ring (bicyclic) bond motifs is 1. The fraction of sp³-hybridized carbons (Fsp3) is 0.459. The predicted molar refractivity (Wildman–Crippen MR) is 177 cm³/mol.